The topological polar surface area (TPSA) is 41.1 Å². The number of ether oxygens (including phenoxy) is 1. The first kappa shape index (κ1) is 22.0. The van der Waals surface area contributed by atoms with Crippen LogP contribution in [0.4, 0.5) is 13.2 Å². The van der Waals surface area contributed by atoms with Gasteiger partial charge in [0.2, 0.25) is 0 Å². The number of benzene rings is 1. The zero-order valence-electron chi connectivity index (χ0n) is 16.9. The molecule has 154 valence electrons. The third kappa shape index (κ3) is 5.61. The van der Waals surface area contributed by atoms with E-state index in [1.807, 2.05) is 7.05 Å². The van der Waals surface area contributed by atoms with Crippen LogP contribution in [0.3, 0.4) is 0 Å². The van der Waals surface area contributed by atoms with Crippen molar-refractivity contribution in [3.05, 3.63) is 47.2 Å². The summed E-state index contributed by atoms with van der Waals surface area (Å²) in [7, 11) is 1.99. The number of aromatic nitrogens is 2. The van der Waals surface area contributed by atoms with Crippen LogP contribution in [-0.2, 0) is 12.7 Å². The van der Waals surface area contributed by atoms with Crippen molar-refractivity contribution in [2.75, 3.05) is 20.2 Å². The number of halogens is 3. The number of nitrogens with zero attached hydrogens (tertiary/aromatic N) is 2. The van der Waals surface area contributed by atoms with Crippen molar-refractivity contribution >= 4 is 0 Å². The zero-order chi connectivity index (χ0) is 20.9. The molecule has 7 heteroatoms. The molecule has 0 radical (unpaired) electrons. The number of aromatic amines is 1. The molecule has 0 atom stereocenters. The Morgan fingerprint density at radius 2 is 2.04 bits per heavy atom. The largest absolute Gasteiger partial charge is 0.488 e. The smallest absolute Gasteiger partial charge is 0.419 e. The summed E-state index contributed by atoms with van der Waals surface area (Å²) in [4.78, 5) is 2.14. The molecule has 0 aliphatic rings. The molecular weight excluding hydrogens is 367 g/mol. The molecule has 0 fully saturated rings. The Morgan fingerprint density at radius 3 is 2.64 bits per heavy atom. The molecule has 0 aliphatic carbocycles. The fraction of sp³-hybridized carbons (Fsp3) is 0.476. The average Bonchev–Trinajstić information content (AvgIpc) is 3.05. The van der Waals surface area contributed by atoms with Gasteiger partial charge in [-0.2, -0.15) is 18.3 Å². The highest BCUT2D eigenvalue weighted by atomic mass is 19.4. The highest BCUT2D eigenvalue weighted by Gasteiger charge is 2.36. The highest BCUT2D eigenvalue weighted by Crippen LogP contribution is 2.41. The second-order valence-electron chi connectivity index (χ2n) is 7.27. The summed E-state index contributed by atoms with van der Waals surface area (Å²) >= 11 is 0. The molecule has 0 aliphatic heterocycles. The molecule has 0 amide bonds. The van der Waals surface area contributed by atoms with Crippen LogP contribution in [0.1, 0.15) is 43.4 Å². The minimum Gasteiger partial charge on any atom is -0.488 e. The van der Waals surface area contributed by atoms with Gasteiger partial charge in [-0.1, -0.05) is 19.9 Å². The average molecular weight is 395 g/mol. The number of unbranched alkanes of at least 4 members (excludes halogenated alkanes) is 1. The Bertz CT molecular complexity index is 812. The summed E-state index contributed by atoms with van der Waals surface area (Å²) in [6, 6.07) is 2.83. The Balaban J connectivity index is 2.41. The Labute approximate surface area is 164 Å². The normalized spacial score (nSPS) is 11.9. The molecule has 0 saturated heterocycles. The molecule has 2 aromatic rings. The van der Waals surface area contributed by atoms with Gasteiger partial charge < -0.3 is 9.64 Å². The fourth-order valence-electron chi connectivity index (χ4n) is 2.99. The van der Waals surface area contributed by atoms with E-state index in [0.29, 0.717) is 28.9 Å². The number of nitrogens with one attached hydrogen (secondary N) is 1. The molecule has 0 spiro atoms. The second-order valence-corrected chi connectivity index (χ2v) is 7.27. The Morgan fingerprint density at radius 1 is 1.32 bits per heavy atom. The van der Waals surface area contributed by atoms with E-state index < -0.39 is 11.7 Å². The van der Waals surface area contributed by atoms with Crippen molar-refractivity contribution in [1.82, 2.24) is 15.1 Å². The van der Waals surface area contributed by atoms with Gasteiger partial charge in [0.15, 0.2) is 0 Å². The van der Waals surface area contributed by atoms with Gasteiger partial charge in [0, 0.05) is 17.7 Å². The quantitative estimate of drug-likeness (QED) is 0.563. The Hall–Kier alpha value is -2.28. The first-order valence-electron chi connectivity index (χ1n) is 9.33. The van der Waals surface area contributed by atoms with Crippen LogP contribution in [0.2, 0.25) is 0 Å². The van der Waals surface area contributed by atoms with Crippen molar-refractivity contribution < 1.29 is 17.9 Å². The van der Waals surface area contributed by atoms with Crippen molar-refractivity contribution in [2.45, 2.75) is 46.3 Å². The van der Waals surface area contributed by atoms with E-state index in [0.717, 1.165) is 31.0 Å². The minimum absolute atomic E-state index is 0.0425. The number of rotatable bonds is 9. The van der Waals surface area contributed by atoms with Gasteiger partial charge in [0.05, 0.1) is 17.5 Å². The maximum absolute atomic E-state index is 13.7. The van der Waals surface area contributed by atoms with E-state index in [-0.39, 0.29) is 12.4 Å². The van der Waals surface area contributed by atoms with Crippen LogP contribution in [0, 0.1) is 6.92 Å². The van der Waals surface area contributed by atoms with Gasteiger partial charge in [0.1, 0.15) is 12.4 Å². The molecule has 1 aromatic carbocycles. The van der Waals surface area contributed by atoms with Crippen LogP contribution in [0.15, 0.2) is 30.5 Å². The number of aryl methyl sites for hydroxylation is 1. The lowest BCUT2D eigenvalue weighted by Gasteiger charge is -2.19. The zero-order valence-corrected chi connectivity index (χ0v) is 16.9. The maximum atomic E-state index is 13.7. The van der Waals surface area contributed by atoms with Crippen LogP contribution < -0.4 is 4.74 Å². The molecular formula is C21H28F3N3O. The lowest BCUT2D eigenvalue weighted by atomic mass is 10.00. The van der Waals surface area contributed by atoms with Crippen LogP contribution >= 0.6 is 0 Å². The van der Waals surface area contributed by atoms with E-state index in [9.17, 15) is 13.2 Å². The van der Waals surface area contributed by atoms with Crippen molar-refractivity contribution in [1.29, 1.82) is 0 Å². The number of alkyl halides is 3. The van der Waals surface area contributed by atoms with Gasteiger partial charge in [0.25, 0.3) is 0 Å². The number of hydrogen-bond donors (Lipinski definition) is 1. The van der Waals surface area contributed by atoms with Crippen molar-refractivity contribution in [3.63, 3.8) is 0 Å². The third-order valence-corrected chi connectivity index (χ3v) is 4.38. The number of hydrogen-bond acceptors (Lipinski definition) is 3. The molecule has 1 heterocycles. The Kier molecular flexibility index (Phi) is 7.29. The summed E-state index contributed by atoms with van der Waals surface area (Å²) in [6.45, 7) is 10.7. The fourth-order valence-corrected chi connectivity index (χ4v) is 2.99. The molecule has 0 unspecified atom stereocenters. The second kappa shape index (κ2) is 9.28. The first-order chi connectivity index (χ1) is 13.1. The summed E-state index contributed by atoms with van der Waals surface area (Å²) in [5, 5.41) is 6.92. The van der Waals surface area contributed by atoms with E-state index in [4.69, 9.17) is 4.74 Å². The molecule has 2 rings (SSSR count). The van der Waals surface area contributed by atoms with Gasteiger partial charge in [-0.3, -0.25) is 5.10 Å². The van der Waals surface area contributed by atoms with Crippen LogP contribution in [0.5, 0.6) is 5.75 Å². The third-order valence-electron chi connectivity index (χ3n) is 4.38. The van der Waals surface area contributed by atoms with Crippen molar-refractivity contribution in [2.24, 2.45) is 0 Å². The molecule has 1 N–H and O–H groups in total. The maximum Gasteiger partial charge on any atom is 0.419 e. The minimum atomic E-state index is -4.52. The predicted octanol–water partition coefficient (Wildman–Crippen LogP) is 5.59. The monoisotopic (exact) mass is 395 g/mol. The lowest BCUT2D eigenvalue weighted by Crippen LogP contribution is -2.19. The van der Waals surface area contributed by atoms with Gasteiger partial charge in [-0.15, -0.1) is 0 Å². The summed E-state index contributed by atoms with van der Waals surface area (Å²) < 4.78 is 46.5. The lowest BCUT2D eigenvalue weighted by molar-refractivity contribution is -0.138. The van der Waals surface area contributed by atoms with E-state index in [1.54, 1.807) is 26.1 Å². The molecule has 1 aromatic heterocycles. The van der Waals surface area contributed by atoms with Crippen LogP contribution in [0.25, 0.3) is 11.3 Å². The SMILES string of the molecule is C=C(C)COc1c(C)cc(-c2[nH]ncc2CN(C)CCCC)cc1C(F)(F)F. The molecule has 28 heavy (non-hydrogen) atoms. The van der Waals surface area contributed by atoms with Gasteiger partial charge in [-0.25, -0.2) is 0 Å². The summed E-state index contributed by atoms with van der Waals surface area (Å²) in [5.41, 5.74) is 2.20. The van der Waals surface area contributed by atoms with E-state index >= 15 is 0 Å². The molecule has 4 nitrogen and oxygen atoms in total. The van der Waals surface area contributed by atoms with E-state index in [2.05, 4.69) is 28.6 Å². The number of H-pyrrole nitrogens is 1. The highest BCUT2D eigenvalue weighted by molar-refractivity contribution is 5.67. The summed E-state index contributed by atoms with van der Waals surface area (Å²) in [5.74, 6) is -0.152. The van der Waals surface area contributed by atoms with Gasteiger partial charge in [-0.05, 0) is 57.1 Å². The predicted molar refractivity (Wildman–Crippen MR) is 105 cm³/mol. The van der Waals surface area contributed by atoms with Gasteiger partial charge >= 0.3 is 6.18 Å². The standard InChI is InChI=1S/C21H28F3N3O/c1-6-7-8-27(5)12-17-11-25-26-19(17)16-9-15(4)20(28-13-14(2)3)18(10-16)21(22,23)24/h9-11H,2,6-8,12-13H2,1,3-5H3,(H,25,26). The van der Waals surface area contributed by atoms with Crippen molar-refractivity contribution in [3.8, 4) is 17.0 Å². The van der Waals surface area contributed by atoms with E-state index in [1.165, 1.54) is 0 Å². The molecule has 0 saturated carbocycles. The summed E-state index contributed by atoms with van der Waals surface area (Å²) in [6.07, 6.45) is -0.701. The molecule has 0 bridgehead atoms. The first-order valence-corrected chi connectivity index (χ1v) is 9.33. The van der Waals surface area contributed by atoms with Crippen LogP contribution in [-0.4, -0.2) is 35.3 Å².